The van der Waals surface area contributed by atoms with Crippen LogP contribution in [0.25, 0.3) is 0 Å². The first-order valence-electron chi connectivity index (χ1n) is 3.88. The molecule has 0 amide bonds. The summed E-state index contributed by atoms with van der Waals surface area (Å²) in [6, 6.07) is 5.50. The zero-order valence-corrected chi connectivity index (χ0v) is 9.95. The van der Waals surface area contributed by atoms with Crippen molar-refractivity contribution >= 4 is 28.6 Å². The molecule has 0 bridgehead atoms. The molecule has 0 unspecified atom stereocenters. The second-order valence-corrected chi connectivity index (χ2v) is 3.86. The number of nitriles is 1. The van der Waals surface area contributed by atoms with Crippen molar-refractivity contribution in [2.24, 2.45) is 0 Å². The van der Waals surface area contributed by atoms with Gasteiger partial charge in [0.25, 0.3) is 0 Å². The van der Waals surface area contributed by atoms with E-state index in [0.717, 1.165) is 5.56 Å². The van der Waals surface area contributed by atoms with Crippen LogP contribution < -0.4 is 0 Å². The molecule has 0 saturated heterocycles. The molecule has 0 atom stereocenters. The lowest BCUT2D eigenvalue weighted by molar-refractivity contribution is 0.0599. The van der Waals surface area contributed by atoms with E-state index in [1.54, 1.807) is 12.1 Å². The lowest BCUT2D eigenvalue weighted by Gasteiger charge is -2.05. The number of halogens is 1. The van der Waals surface area contributed by atoms with Gasteiger partial charge in [0.1, 0.15) is 6.07 Å². The zero-order chi connectivity index (χ0) is 10.7. The lowest BCUT2D eigenvalue weighted by atomic mass is 10.1. The Kier molecular flexibility index (Phi) is 3.47. The van der Waals surface area contributed by atoms with Crippen molar-refractivity contribution in [3.8, 4) is 6.07 Å². The number of nitrogens with zero attached hydrogens (tertiary/aromatic N) is 1. The van der Waals surface area contributed by atoms with Gasteiger partial charge in [0.2, 0.25) is 0 Å². The predicted octanol–water partition coefficient (Wildman–Crippen LogP) is 2.26. The van der Waals surface area contributed by atoms with Gasteiger partial charge < -0.3 is 4.74 Å². The molecular weight excluding hydrogens is 293 g/mol. The van der Waals surface area contributed by atoms with Crippen molar-refractivity contribution in [3.05, 3.63) is 32.4 Å². The second kappa shape index (κ2) is 4.42. The van der Waals surface area contributed by atoms with Gasteiger partial charge in [-0.3, -0.25) is 0 Å². The zero-order valence-electron chi connectivity index (χ0n) is 7.80. The van der Waals surface area contributed by atoms with Gasteiger partial charge in [-0.25, -0.2) is 4.79 Å². The summed E-state index contributed by atoms with van der Waals surface area (Å²) < 4.78 is 5.26. The molecule has 14 heavy (non-hydrogen) atoms. The smallest absolute Gasteiger partial charge is 0.338 e. The number of methoxy groups -OCH3 is 1. The Morgan fingerprint density at radius 3 is 2.71 bits per heavy atom. The summed E-state index contributed by atoms with van der Waals surface area (Å²) in [7, 11) is 1.33. The van der Waals surface area contributed by atoms with Crippen molar-refractivity contribution in [3.63, 3.8) is 0 Å². The highest BCUT2D eigenvalue weighted by atomic mass is 127. The number of hydrogen-bond donors (Lipinski definition) is 0. The first kappa shape index (κ1) is 11.0. The highest BCUT2D eigenvalue weighted by Gasteiger charge is 2.13. The summed E-state index contributed by atoms with van der Waals surface area (Å²) in [5, 5.41) is 8.81. The molecule has 1 aromatic rings. The fourth-order valence-electron chi connectivity index (χ4n) is 1.11. The first-order chi connectivity index (χ1) is 6.60. The minimum absolute atomic E-state index is 0.408. The monoisotopic (exact) mass is 301 g/mol. The normalized spacial score (nSPS) is 9.29. The van der Waals surface area contributed by atoms with E-state index >= 15 is 0 Å². The number of carbonyl (C=O) groups is 1. The third-order valence-electron chi connectivity index (χ3n) is 1.74. The van der Waals surface area contributed by atoms with Crippen LogP contribution in [-0.4, -0.2) is 13.1 Å². The molecule has 0 aliphatic rings. The van der Waals surface area contributed by atoms with Gasteiger partial charge in [0, 0.05) is 3.57 Å². The van der Waals surface area contributed by atoms with E-state index in [1.165, 1.54) is 7.11 Å². The SMILES string of the molecule is COC(=O)c1cc(C)cc(C#N)c1I. The maximum Gasteiger partial charge on any atom is 0.338 e. The first-order valence-corrected chi connectivity index (χ1v) is 4.96. The van der Waals surface area contributed by atoms with Crippen LogP contribution in [0, 0.1) is 21.8 Å². The van der Waals surface area contributed by atoms with E-state index in [-0.39, 0.29) is 0 Å². The highest BCUT2D eigenvalue weighted by Crippen LogP contribution is 2.19. The average Bonchev–Trinajstić information content (AvgIpc) is 2.19. The molecule has 0 heterocycles. The van der Waals surface area contributed by atoms with Crippen LogP contribution in [0.1, 0.15) is 21.5 Å². The Morgan fingerprint density at radius 2 is 2.21 bits per heavy atom. The Labute approximate surface area is 95.8 Å². The summed E-state index contributed by atoms with van der Waals surface area (Å²) in [6.45, 7) is 1.84. The Bertz CT molecular complexity index is 421. The molecule has 0 N–H and O–H groups in total. The molecule has 72 valence electrons. The lowest BCUT2D eigenvalue weighted by Crippen LogP contribution is -2.05. The van der Waals surface area contributed by atoms with Crippen molar-refractivity contribution in [2.75, 3.05) is 7.11 Å². The summed E-state index contributed by atoms with van der Waals surface area (Å²) >= 11 is 1.97. The minimum Gasteiger partial charge on any atom is -0.465 e. The van der Waals surface area contributed by atoms with Gasteiger partial charge in [-0.2, -0.15) is 5.26 Å². The van der Waals surface area contributed by atoms with Crippen LogP contribution in [0.15, 0.2) is 12.1 Å². The van der Waals surface area contributed by atoms with Gasteiger partial charge in [0.15, 0.2) is 0 Å². The number of ether oxygens (including phenoxy) is 1. The molecule has 1 aromatic carbocycles. The van der Waals surface area contributed by atoms with Gasteiger partial charge in [-0.1, -0.05) is 0 Å². The standard InChI is InChI=1S/C10H8INO2/c1-6-3-7(5-12)9(11)8(4-6)10(13)14-2/h3-4H,1-2H3. The van der Waals surface area contributed by atoms with E-state index in [4.69, 9.17) is 5.26 Å². The van der Waals surface area contributed by atoms with E-state index in [0.29, 0.717) is 14.7 Å². The molecule has 4 heteroatoms. The fourth-order valence-corrected chi connectivity index (χ4v) is 1.76. The number of benzene rings is 1. The van der Waals surface area contributed by atoms with Crippen LogP contribution in [0.3, 0.4) is 0 Å². The van der Waals surface area contributed by atoms with Crippen LogP contribution >= 0.6 is 22.6 Å². The Morgan fingerprint density at radius 1 is 1.57 bits per heavy atom. The average molecular weight is 301 g/mol. The molecule has 0 spiro atoms. The van der Waals surface area contributed by atoms with Crippen LogP contribution in [0.4, 0.5) is 0 Å². The third kappa shape index (κ3) is 2.04. The van der Waals surface area contributed by atoms with Crippen LogP contribution in [0.2, 0.25) is 0 Å². The Balaban J connectivity index is 3.38. The largest absolute Gasteiger partial charge is 0.465 e. The highest BCUT2D eigenvalue weighted by molar-refractivity contribution is 14.1. The van der Waals surface area contributed by atoms with Crippen LogP contribution in [0.5, 0.6) is 0 Å². The molecule has 0 saturated carbocycles. The molecule has 0 aromatic heterocycles. The van der Waals surface area contributed by atoms with Crippen molar-refractivity contribution in [2.45, 2.75) is 6.92 Å². The second-order valence-electron chi connectivity index (χ2n) is 2.78. The number of carbonyl (C=O) groups excluding carboxylic acids is 1. The summed E-state index contributed by atoms with van der Waals surface area (Å²) in [5.74, 6) is -0.408. The Hall–Kier alpha value is -1.09. The van der Waals surface area contributed by atoms with Crippen molar-refractivity contribution < 1.29 is 9.53 Å². The molecule has 0 fully saturated rings. The number of aryl methyl sites for hydroxylation is 1. The molecule has 0 radical (unpaired) electrons. The summed E-state index contributed by atoms with van der Waals surface area (Å²) in [6.07, 6.45) is 0. The maximum atomic E-state index is 11.3. The predicted molar refractivity (Wildman–Crippen MR) is 60.0 cm³/mol. The fraction of sp³-hybridized carbons (Fsp3) is 0.200. The van der Waals surface area contributed by atoms with E-state index < -0.39 is 5.97 Å². The number of hydrogen-bond acceptors (Lipinski definition) is 3. The van der Waals surface area contributed by atoms with Crippen molar-refractivity contribution in [1.29, 1.82) is 5.26 Å². The molecule has 0 aliphatic carbocycles. The van der Waals surface area contributed by atoms with Gasteiger partial charge >= 0.3 is 5.97 Å². The molecule has 3 nitrogen and oxygen atoms in total. The third-order valence-corrected chi connectivity index (χ3v) is 2.90. The minimum atomic E-state index is -0.408. The number of rotatable bonds is 1. The summed E-state index contributed by atoms with van der Waals surface area (Å²) in [4.78, 5) is 11.3. The van der Waals surface area contributed by atoms with Gasteiger partial charge in [0.05, 0.1) is 18.2 Å². The van der Waals surface area contributed by atoms with Gasteiger partial charge in [-0.05, 0) is 47.2 Å². The molecule has 1 rings (SSSR count). The summed E-state index contributed by atoms with van der Waals surface area (Å²) in [5.41, 5.74) is 1.83. The van der Waals surface area contributed by atoms with Crippen LogP contribution in [-0.2, 0) is 4.74 Å². The topological polar surface area (TPSA) is 50.1 Å². The van der Waals surface area contributed by atoms with E-state index in [9.17, 15) is 4.79 Å². The van der Waals surface area contributed by atoms with E-state index in [2.05, 4.69) is 4.74 Å². The molecular formula is C10H8INO2. The maximum absolute atomic E-state index is 11.3. The van der Waals surface area contributed by atoms with Gasteiger partial charge in [-0.15, -0.1) is 0 Å². The van der Waals surface area contributed by atoms with Crippen molar-refractivity contribution in [1.82, 2.24) is 0 Å². The quantitative estimate of drug-likeness (QED) is 0.590. The van der Waals surface area contributed by atoms with E-state index in [1.807, 2.05) is 35.6 Å². The molecule has 0 aliphatic heterocycles. The number of esters is 1.